The van der Waals surface area contributed by atoms with E-state index in [4.69, 9.17) is 4.42 Å². The topological polar surface area (TPSA) is 45.5 Å². The van der Waals surface area contributed by atoms with Crippen molar-refractivity contribution in [2.75, 3.05) is 13.1 Å². The molecule has 2 rings (SSSR count). The highest BCUT2D eigenvalue weighted by atomic mass is 16.3. The van der Waals surface area contributed by atoms with Crippen LogP contribution in [-0.2, 0) is 11.2 Å². The number of nitrogens with one attached hydrogen (secondary N) is 1. The summed E-state index contributed by atoms with van der Waals surface area (Å²) in [4.78, 5) is 14.3. The van der Waals surface area contributed by atoms with Crippen LogP contribution in [0.4, 0.5) is 0 Å². The molecule has 0 saturated carbocycles. The fourth-order valence-electron chi connectivity index (χ4n) is 2.58. The van der Waals surface area contributed by atoms with Crippen LogP contribution in [0.1, 0.15) is 38.9 Å². The summed E-state index contributed by atoms with van der Waals surface area (Å²) < 4.78 is 5.27. The van der Waals surface area contributed by atoms with Gasteiger partial charge in [-0.25, -0.2) is 0 Å². The van der Waals surface area contributed by atoms with Crippen molar-refractivity contribution in [2.45, 2.75) is 51.6 Å². The van der Waals surface area contributed by atoms with E-state index in [9.17, 15) is 4.79 Å². The second kappa shape index (κ2) is 6.75. The lowest BCUT2D eigenvalue weighted by Gasteiger charge is -2.29. The summed E-state index contributed by atoms with van der Waals surface area (Å²) in [6.07, 6.45) is 5.26. The Hall–Kier alpha value is -1.29. The number of amides is 1. The van der Waals surface area contributed by atoms with Crippen LogP contribution in [0.5, 0.6) is 0 Å². The zero-order valence-electron chi connectivity index (χ0n) is 11.9. The maximum Gasteiger partial charge on any atom is 0.223 e. The number of nitrogens with zero attached hydrogens (tertiary/aromatic N) is 1. The third kappa shape index (κ3) is 4.10. The van der Waals surface area contributed by atoms with E-state index in [-0.39, 0.29) is 11.9 Å². The summed E-state index contributed by atoms with van der Waals surface area (Å²) in [5.41, 5.74) is 0. The van der Waals surface area contributed by atoms with Crippen molar-refractivity contribution < 1.29 is 9.21 Å². The van der Waals surface area contributed by atoms with E-state index in [1.807, 2.05) is 17.0 Å². The van der Waals surface area contributed by atoms with Gasteiger partial charge < -0.3 is 14.6 Å². The van der Waals surface area contributed by atoms with Crippen LogP contribution in [0, 0.1) is 0 Å². The number of rotatable bonds is 6. The average molecular weight is 264 g/mol. The van der Waals surface area contributed by atoms with Crippen molar-refractivity contribution in [1.82, 2.24) is 10.2 Å². The smallest absolute Gasteiger partial charge is 0.223 e. The van der Waals surface area contributed by atoms with E-state index in [1.54, 1.807) is 6.26 Å². The van der Waals surface area contributed by atoms with Gasteiger partial charge in [0.25, 0.3) is 0 Å². The highest BCUT2D eigenvalue weighted by Crippen LogP contribution is 2.12. The van der Waals surface area contributed by atoms with Gasteiger partial charge in [0.2, 0.25) is 5.91 Å². The summed E-state index contributed by atoms with van der Waals surface area (Å²) in [5, 5.41) is 3.45. The highest BCUT2D eigenvalue weighted by molar-refractivity contribution is 5.76. The molecule has 1 amide bonds. The van der Waals surface area contributed by atoms with E-state index >= 15 is 0 Å². The van der Waals surface area contributed by atoms with Crippen molar-refractivity contribution in [1.29, 1.82) is 0 Å². The van der Waals surface area contributed by atoms with Gasteiger partial charge in [0.15, 0.2) is 0 Å². The van der Waals surface area contributed by atoms with Crippen molar-refractivity contribution in [3.05, 3.63) is 24.2 Å². The van der Waals surface area contributed by atoms with Gasteiger partial charge in [-0.15, -0.1) is 0 Å². The molecule has 1 aromatic rings. The molecule has 1 saturated heterocycles. The molecule has 0 aromatic carbocycles. The van der Waals surface area contributed by atoms with Crippen LogP contribution < -0.4 is 5.32 Å². The Bertz CT molecular complexity index is 381. The predicted molar refractivity (Wildman–Crippen MR) is 74.9 cm³/mol. The van der Waals surface area contributed by atoms with E-state index in [0.717, 1.165) is 18.8 Å². The van der Waals surface area contributed by atoms with E-state index in [1.165, 1.54) is 12.8 Å². The summed E-state index contributed by atoms with van der Waals surface area (Å²) in [6.45, 7) is 6.07. The van der Waals surface area contributed by atoms with Crippen LogP contribution in [0.15, 0.2) is 22.8 Å². The number of aryl methyl sites for hydroxylation is 1. The minimum Gasteiger partial charge on any atom is -0.469 e. The molecule has 19 heavy (non-hydrogen) atoms. The third-order valence-electron chi connectivity index (χ3n) is 3.69. The van der Waals surface area contributed by atoms with Crippen LogP contribution >= 0.6 is 0 Å². The summed E-state index contributed by atoms with van der Waals surface area (Å²) in [6, 6.07) is 4.51. The highest BCUT2D eigenvalue weighted by Gasteiger charge is 2.23. The largest absolute Gasteiger partial charge is 0.469 e. The molecule has 0 spiro atoms. The lowest BCUT2D eigenvalue weighted by atomic mass is 10.1. The molecular weight excluding hydrogens is 240 g/mol. The third-order valence-corrected chi connectivity index (χ3v) is 3.69. The summed E-state index contributed by atoms with van der Waals surface area (Å²) in [5.74, 6) is 1.11. The monoisotopic (exact) mass is 264 g/mol. The Morgan fingerprint density at radius 3 is 3.00 bits per heavy atom. The lowest BCUT2D eigenvalue weighted by molar-refractivity contribution is -0.133. The Morgan fingerprint density at radius 2 is 2.42 bits per heavy atom. The first kappa shape index (κ1) is 14.1. The molecule has 4 heteroatoms. The molecule has 4 nitrogen and oxygen atoms in total. The maximum absolute atomic E-state index is 12.3. The first-order chi connectivity index (χ1) is 9.16. The second-order valence-corrected chi connectivity index (χ2v) is 5.51. The first-order valence-corrected chi connectivity index (χ1v) is 7.22. The SMILES string of the molecule is CC(C)N(CC1CCCN1)C(=O)CCc1ccco1. The molecular formula is C15H24N2O2. The van der Waals surface area contributed by atoms with Gasteiger partial charge in [-0.05, 0) is 45.4 Å². The van der Waals surface area contributed by atoms with Gasteiger partial charge in [0.1, 0.15) is 5.76 Å². The standard InChI is InChI=1S/C15H24N2O2/c1-12(2)17(11-13-5-3-9-16-13)15(18)8-7-14-6-4-10-19-14/h4,6,10,12-13,16H,3,5,7-9,11H2,1-2H3. The molecule has 1 atom stereocenters. The number of hydrogen-bond donors (Lipinski definition) is 1. The fraction of sp³-hybridized carbons (Fsp3) is 0.667. The number of carbonyl (C=O) groups excluding carboxylic acids is 1. The number of furan rings is 1. The Labute approximate surface area is 115 Å². The van der Waals surface area contributed by atoms with Crippen molar-refractivity contribution in [2.24, 2.45) is 0 Å². The minimum absolute atomic E-state index is 0.222. The van der Waals surface area contributed by atoms with Gasteiger partial charge in [-0.3, -0.25) is 4.79 Å². The molecule has 1 aliphatic rings. The second-order valence-electron chi connectivity index (χ2n) is 5.51. The Kier molecular flexibility index (Phi) is 5.02. The molecule has 1 fully saturated rings. The van der Waals surface area contributed by atoms with E-state index < -0.39 is 0 Å². The molecule has 0 aliphatic carbocycles. The zero-order chi connectivity index (χ0) is 13.7. The molecule has 1 unspecified atom stereocenters. The van der Waals surface area contributed by atoms with E-state index in [0.29, 0.717) is 18.9 Å². The van der Waals surface area contributed by atoms with Gasteiger partial charge in [-0.2, -0.15) is 0 Å². The van der Waals surface area contributed by atoms with Gasteiger partial charge in [0, 0.05) is 31.5 Å². The van der Waals surface area contributed by atoms with E-state index in [2.05, 4.69) is 19.2 Å². The van der Waals surface area contributed by atoms with Crippen LogP contribution in [0.2, 0.25) is 0 Å². The quantitative estimate of drug-likeness (QED) is 0.856. The molecule has 2 heterocycles. The first-order valence-electron chi connectivity index (χ1n) is 7.22. The molecule has 1 aromatic heterocycles. The number of carbonyl (C=O) groups is 1. The summed E-state index contributed by atoms with van der Waals surface area (Å²) in [7, 11) is 0. The zero-order valence-corrected chi connectivity index (χ0v) is 11.9. The van der Waals surface area contributed by atoms with Gasteiger partial charge in [-0.1, -0.05) is 0 Å². The summed E-state index contributed by atoms with van der Waals surface area (Å²) >= 11 is 0. The molecule has 0 radical (unpaired) electrons. The van der Waals surface area contributed by atoms with Gasteiger partial charge in [0.05, 0.1) is 6.26 Å². The average Bonchev–Trinajstić information content (AvgIpc) is 3.05. The number of hydrogen-bond acceptors (Lipinski definition) is 3. The normalized spacial score (nSPS) is 19.0. The maximum atomic E-state index is 12.3. The molecule has 106 valence electrons. The minimum atomic E-state index is 0.222. The van der Waals surface area contributed by atoms with Crippen molar-refractivity contribution in [3.63, 3.8) is 0 Å². The van der Waals surface area contributed by atoms with Crippen molar-refractivity contribution >= 4 is 5.91 Å². The lowest BCUT2D eigenvalue weighted by Crippen LogP contribution is -2.44. The molecule has 0 bridgehead atoms. The fourth-order valence-corrected chi connectivity index (χ4v) is 2.58. The Morgan fingerprint density at radius 1 is 1.58 bits per heavy atom. The molecule has 1 aliphatic heterocycles. The van der Waals surface area contributed by atoms with Gasteiger partial charge >= 0.3 is 0 Å². The van der Waals surface area contributed by atoms with Crippen LogP contribution in [0.3, 0.4) is 0 Å². The Balaban J connectivity index is 1.84. The predicted octanol–water partition coefficient (Wildman–Crippen LogP) is 2.20. The molecule has 1 N–H and O–H groups in total. The van der Waals surface area contributed by atoms with Crippen LogP contribution in [-0.4, -0.2) is 36.0 Å². The van der Waals surface area contributed by atoms with Crippen LogP contribution in [0.25, 0.3) is 0 Å². The van der Waals surface area contributed by atoms with Crippen molar-refractivity contribution in [3.8, 4) is 0 Å².